The van der Waals surface area contributed by atoms with Gasteiger partial charge in [-0.05, 0) is 44.2 Å². The number of nitrogens with zero attached hydrogens (tertiary/aromatic N) is 1. The molecule has 0 amide bonds. The maximum absolute atomic E-state index is 12.1. The van der Waals surface area contributed by atoms with Crippen LogP contribution in [-0.2, 0) is 9.63 Å². The zero-order valence-corrected chi connectivity index (χ0v) is 16.0. The molecule has 1 atom stereocenters. The van der Waals surface area contributed by atoms with Gasteiger partial charge in [-0.2, -0.15) is 0 Å². The van der Waals surface area contributed by atoms with Gasteiger partial charge in [0.05, 0.1) is 14.2 Å². The lowest BCUT2D eigenvalue weighted by Crippen LogP contribution is -2.19. The molecule has 138 valence electrons. The van der Waals surface area contributed by atoms with Gasteiger partial charge in [0.1, 0.15) is 5.25 Å². The number of aryl methyl sites for hydroxylation is 1. The number of methoxy groups -OCH3 is 2. The molecule has 0 radical (unpaired) electrons. The van der Waals surface area contributed by atoms with Crippen molar-refractivity contribution in [1.82, 2.24) is 0 Å². The Morgan fingerprint density at radius 1 is 1.08 bits per heavy atom. The second kappa shape index (κ2) is 9.15. The molecular weight excluding hydrogens is 352 g/mol. The van der Waals surface area contributed by atoms with Gasteiger partial charge in [0, 0.05) is 10.5 Å². The van der Waals surface area contributed by atoms with Gasteiger partial charge in [-0.3, -0.25) is 0 Å². The van der Waals surface area contributed by atoms with E-state index in [1.165, 1.54) is 18.9 Å². The minimum atomic E-state index is -0.473. The number of hydrogen-bond acceptors (Lipinski definition) is 6. The number of thioether (sulfide) groups is 1. The molecule has 2 rings (SSSR count). The van der Waals surface area contributed by atoms with Crippen molar-refractivity contribution in [2.24, 2.45) is 10.9 Å². The summed E-state index contributed by atoms with van der Waals surface area (Å²) < 4.78 is 10.4. The zero-order valence-electron chi connectivity index (χ0n) is 15.2. The van der Waals surface area contributed by atoms with Crippen LogP contribution in [0.4, 0.5) is 0 Å². The van der Waals surface area contributed by atoms with Crippen molar-refractivity contribution >= 4 is 23.6 Å². The lowest BCUT2D eigenvalue weighted by molar-refractivity contribution is -0.142. The van der Waals surface area contributed by atoms with Crippen molar-refractivity contribution in [2.75, 3.05) is 14.2 Å². The van der Waals surface area contributed by atoms with Crippen LogP contribution in [0.5, 0.6) is 11.5 Å². The maximum atomic E-state index is 12.1. The Morgan fingerprint density at radius 3 is 2.35 bits per heavy atom. The number of benzene rings is 2. The summed E-state index contributed by atoms with van der Waals surface area (Å²) in [7, 11) is 3.07. The highest BCUT2D eigenvalue weighted by atomic mass is 32.2. The van der Waals surface area contributed by atoms with Crippen LogP contribution in [0.2, 0.25) is 0 Å². The molecule has 0 saturated heterocycles. The highest BCUT2D eigenvalue weighted by Crippen LogP contribution is 2.27. The van der Waals surface area contributed by atoms with E-state index in [0.29, 0.717) is 17.1 Å². The van der Waals surface area contributed by atoms with Gasteiger partial charge < -0.3 is 20.0 Å². The molecule has 2 aromatic carbocycles. The highest BCUT2D eigenvalue weighted by Gasteiger charge is 2.17. The summed E-state index contributed by atoms with van der Waals surface area (Å²) in [5.41, 5.74) is 7.63. The topological polar surface area (TPSA) is 83.1 Å². The Labute approximate surface area is 157 Å². The molecule has 2 N–H and O–H groups in total. The zero-order chi connectivity index (χ0) is 19.1. The fourth-order valence-corrected chi connectivity index (χ4v) is 2.93. The van der Waals surface area contributed by atoms with E-state index in [1.54, 1.807) is 32.2 Å². The average molecular weight is 374 g/mol. The third kappa shape index (κ3) is 5.16. The van der Waals surface area contributed by atoms with Crippen molar-refractivity contribution in [1.29, 1.82) is 0 Å². The van der Waals surface area contributed by atoms with Crippen LogP contribution < -0.4 is 15.2 Å². The smallest absolute Gasteiger partial charge is 0.348 e. The first-order valence-corrected chi connectivity index (χ1v) is 8.82. The molecule has 0 heterocycles. The van der Waals surface area contributed by atoms with Gasteiger partial charge in [-0.1, -0.05) is 22.9 Å². The number of rotatable bonds is 7. The van der Waals surface area contributed by atoms with E-state index in [1.807, 2.05) is 31.2 Å². The molecule has 0 aliphatic carbocycles. The third-order valence-corrected chi connectivity index (χ3v) is 4.67. The number of oxime groups is 1. The van der Waals surface area contributed by atoms with Crippen molar-refractivity contribution in [3.63, 3.8) is 0 Å². The molecule has 0 saturated carbocycles. The predicted octanol–water partition coefficient (Wildman–Crippen LogP) is 3.36. The van der Waals surface area contributed by atoms with E-state index in [2.05, 4.69) is 5.16 Å². The van der Waals surface area contributed by atoms with Crippen LogP contribution in [0.15, 0.2) is 52.5 Å². The molecule has 1 unspecified atom stereocenters. The van der Waals surface area contributed by atoms with Crippen LogP contribution >= 0.6 is 11.8 Å². The highest BCUT2D eigenvalue weighted by molar-refractivity contribution is 8.00. The summed E-state index contributed by atoms with van der Waals surface area (Å²) in [5, 5.41) is 3.32. The lowest BCUT2D eigenvalue weighted by atomic mass is 10.2. The third-order valence-electron chi connectivity index (χ3n) is 3.58. The van der Waals surface area contributed by atoms with Gasteiger partial charge in [0.2, 0.25) is 0 Å². The molecular formula is C19H22N2O4S. The van der Waals surface area contributed by atoms with Gasteiger partial charge in [-0.15, -0.1) is 11.8 Å². The Morgan fingerprint density at radius 2 is 1.73 bits per heavy atom. The molecule has 0 spiro atoms. The van der Waals surface area contributed by atoms with Gasteiger partial charge in [0.25, 0.3) is 0 Å². The Balaban J connectivity index is 2.00. The van der Waals surface area contributed by atoms with Gasteiger partial charge >= 0.3 is 5.97 Å². The number of amidine groups is 1. The molecule has 26 heavy (non-hydrogen) atoms. The first kappa shape index (κ1) is 19.7. The van der Waals surface area contributed by atoms with Crippen molar-refractivity contribution in [2.45, 2.75) is 24.0 Å². The van der Waals surface area contributed by atoms with Crippen molar-refractivity contribution in [3.05, 3.63) is 53.6 Å². The fourth-order valence-electron chi connectivity index (χ4n) is 2.09. The minimum Gasteiger partial charge on any atom is -0.493 e. The predicted molar refractivity (Wildman–Crippen MR) is 103 cm³/mol. The first-order chi connectivity index (χ1) is 12.4. The quantitative estimate of drug-likeness (QED) is 0.263. The molecule has 0 fully saturated rings. The summed E-state index contributed by atoms with van der Waals surface area (Å²) in [5.74, 6) is 0.688. The normalized spacial score (nSPS) is 12.4. The molecule has 0 aromatic heterocycles. The summed E-state index contributed by atoms with van der Waals surface area (Å²) in [6.45, 7) is 3.77. The van der Waals surface area contributed by atoms with Crippen molar-refractivity contribution < 1.29 is 19.1 Å². The van der Waals surface area contributed by atoms with Crippen LogP contribution in [0, 0.1) is 6.92 Å². The van der Waals surface area contributed by atoms with Crippen molar-refractivity contribution in [3.8, 4) is 11.5 Å². The van der Waals surface area contributed by atoms with E-state index in [-0.39, 0.29) is 5.84 Å². The van der Waals surface area contributed by atoms with Crippen LogP contribution in [0.3, 0.4) is 0 Å². The Hall–Kier alpha value is -2.67. The number of hydrogen-bond donors (Lipinski definition) is 1. The SMILES string of the molecule is COc1ccc(/C(N)=N/OC(=O)C(C)Sc2ccc(C)cc2)cc1OC. The summed E-state index contributed by atoms with van der Waals surface area (Å²) >= 11 is 1.40. The Kier molecular flexibility index (Phi) is 6.91. The molecule has 6 nitrogen and oxygen atoms in total. The van der Waals surface area contributed by atoms with Crippen LogP contribution in [-0.4, -0.2) is 31.3 Å². The second-order valence-corrected chi connectivity index (χ2v) is 6.94. The molecule has 0 aliphatic heterocycles. The van der Waals surface area contributed by atoms with Crippen LogP contribution in [0.25, 0.3) is 0 Å². The maximum Gasteiger partial charge on any atom is 0.348 e. The molecule has 0 bridgehead atoms. The van der Waals surface area contributed by atoms with E-state index < -0.39 is 11.2 Å². The molecule has 0 aliphatic rings. The second-order valence-electron chi connectivity index (χ2n) is 5.53. The molecule has 7 heteroatoms. The van der Waals surface area contributed by atoms with E-state index >= 15 is 0 Å². The van der Waals surface area contributed by atoms with E-state index in [0.717, 1.165) is 10.5 Å². The van der Waals surface area contributed by atoms with Gasteiger partial charge in [-0.25, -0.2) is 4.79 Å². The standard InChI is InChI=1S/C19H22N2O4S/c1-12-5-8-15(9-6-12)26-13(2)19(22)25-21-18(20)14-7-10-16(23-3)17(11-14)24-4/h5-11,13H,1-4H3,(H2,20,21). The van der Waals surface area contributed by atoms with Crippen LogP contribution in [0.1, 0.15) is 18.1 Å². The average Bonchev–Trinajstić information content (AvgIpc) is 2.66. The largest absolute Gasteiger partial charge is 0.493 e. The summed E-state index contributed by atoms with van der Waals surface area (Å²) in [6.07, 6.45) is 0. The Bertz CT molecular complexity index is 791. The minimum absolute atomic E-state index is 0.0758. The van der Waals surface area contributed by atoms with E-state index in [4.69, 9.17) is 20.0 Å². The number of carbonyl (C=O) groups is 1. The lowest BCUT2D eigenvalue weighted by Gasteiger charge is -2.10. The number of carbonyl (C=O) groups excluding carboxylic acids is 1. The number of nitrogens with two attached hydrogens (primary N) is 1. The summed E-state index contributed by atoms with van der Waals surface area (Å²) in [6, 6.07) is 13.0. The van der Waals surface area contributed by atoms with E-state index in [9.17, 15) is 4.79 Å². The molecule has 2 aromatic rings. The number of ether oxygens (including phenoxy) is 2. The monoisotopic (exact) mass is 374 g/mol. The summed E-state index contributed by atoms with van der Waals surface area (Å²) in [4.78, 5) is 18.1. The fraction of sp³-hybridized carbons (Fsp3) is 0.263. The van der Waals surface area contributed by atoms with Gasteiger partial charge in [0.15, 0.2) is 17.3 Å². The first-order valence-electron chi connectivity index (χ1n) is 7.94.